The molecule has 0 unspecified atom stereocenters. The maximum absolute atomic E-state index is 14.1. The van der Waals surface area contributed by atoms with Crippen molar-refractivity contribution >= 4 is 11.6 Å². The van der Waals surface area contributed by atoms with Gasteiger partial charge in [-0.1, -0.05) is 0 Å². The molecule has 1 aromatic carbocycles. The molecule has 0 radical (unpaired) electrons. The number of nitrogens with two attached hydrogens (primary N) is 1. The molecule has 1 amide bonds. The van der Waals surface area contributed by atoms with Crippen LogP contribution in [0.25, 0.3) is 11.1 Å². The molecule has 1 aliphatic heterocycles. The number of rotatable bonds is 7. The summed E-state index contributed by atoms with van der Waals surface area (Å²) >= 11 is 0. The number of nitrogens with zero attached hydrogens (tertiary/aromatic N) is 2. The number of aromatic nitrogens is 1. The summed E-state index contributed by atoms with van der Waals surface area (Å²) in [6.07, 6.45) is -0.999. The van der Waals surface area contributed by atoms with E-state index in [2.05, 4.69) is 10.3 Å². The van der Waals surface area contributed by atoms with Crippen LogP contribution in [-0.2, 0) is 0 Å². The number of halogens is 5. The van der Waals surface area contributed by atoms with Gasteiger partial charge in [0.05, 0.1) is 16.8 Å². The maximum atomic E-state index is 14.1. The summed E-state index contributed by atoms with van der Waals surface area (Å²) in [7, 11) is 0. The van der Waals surface area contributed by atoms with Crippen molar-refractivity contribution in [1.82, 2.24) is 10.3 Å². The molecule has 1 aliphatic carbocycles. The molecule has 1 saturated carbocycles. The molecule has 0 spiro atoms. The first-order valence-corrected chi connectivity index (χ1v) is 10.9. The Morgan fingerprint density at radius 2 is 1.94 bits per heavy atom. The smallest absolute Gasteiger partial charge is 0.422 e. The number of amides is 1. The summed E-state index contributed by atoms with van der Waals surface area (Å²) < 4.78 is 72.0. The third-order valence-corrected chi connectivity index (χ3v) is 5.85. The summed E-state index contributed by atoms with van der Waals surface area (Å²) in [6, 6.07) is 2.58. The highest BCUT2D eigenvalue weighted by atomic mass is 19.4. The van der Waals surface area contributed by atoms with Gasteiger partial charge in [-0.15, -0.1) is 0 Å². The van der Waals surface area contributed by atoms with E-state index in [1.807, 2.05) is 6.92 Å². The van der Waals surface area contributed by atoms with E-state index in [0.717, 1.165) is 31.2 Å². The van der Waals surface area contributed by atoms with Gasteiger partial charge in [0.2, 0.25) is 5.88 Å². The SMILES string of the molecule is C[C@]1(N)CCN(c2c(C(=O)NCC3CC3)cnc(OCC(F)(F)F)c2-c2cc(F)cc(F)c2)C1. The van der Waals surface area contributed by atoms with Crippen molar-refractivity contribution in [2.45, 2.75) is 37.9 Å². The van der Waals surface area contributed by atoms with E-state index < -0.39 is 41.7 Å². The van der Waals surface area contributed by atoms with Gasteiger partial charge in [-0.3, -0.25) is 4.79 Å². The number of pyridine rings is 1. The number of carbonyl (C=O) groups is 1. The van der Waals surface area contributed by atoms with E-state index >= 15 is 0 Å². The average Bonchev–Trinajstić information content (AvgIpc) is 3.49. The lowest BCUT2D eigenvalue weighted by Crippen LogP contribution is -2.40. The van der Waals surface area contributed by atoms with Crippen LogP contribution in [0.5, 0.6) is 5.88 Å². The van der Waals surface area contributed by atoms with E-state index in [4.69, 9.17) is 10.5 Å². The molecule has 6 nitrogen and oxygen atoms in total. The number of carbonyl (C=O) groups excluding carboxylic acids is 1. The van der Waals surface area contributed by atoms with Gasteiger partial charge >= 0.3 is 6.18 Å². The van der Waals surface area contributed by atoms with Crippen molar-refractivity contribution in [3.63, 3.8) is 0 Å². The summed E-state index contributed by atoms with van der Waals surface area (Å²) in [4.78, 5) is 18.8. The first kappa shape index (κ1) is 24.2. The van der Waals surface area contributed by atoms with Crippen LogP contribution in [-0.4, -0.2) is 48.8 Å². The molecular formula is C23H25F5N4O2. The lowest BCUT2D eigenvalue weighted by atomic mass is 9.99. The molecule has 34 heavy (non-hydrogen) atoms. The Balaban J connectivity index is 1.87. The van der Waals surface area contributed by atoms with Gasteiger partial charge < -0.3 is 20.7 Å². The lowest BCUT2D eigenvalue weighted by molar-refractivity contribution is -0.154. The zero-order chi connectivity index (χ0) is 24.7. The van der Waals surface area contributed by atoms with Crippen LogP contribution in [0.4, 0.5) is 27.6 Å². The molecule has 4 rings (SSSR count). The fraction of sp³-hybridized carbons (Fsp3) is 0.478. The Morgan fingerprint density at radius 1 is 1.26 bits per heavy atom. The first-order chi connectivity index (χ1) is 15.9. The highest BCUT2D eigenvalue weighted by Gasteiger charge is 2.36. The molecule has 1 atom stereocenters. The zero-order valence-electron chi connectivity index (χ0n) is 18.5. The lowest BCUT2D eigenvalue weighted by Gasteiger charge is -2.27. The van der Waals surface area contributed by atoms with Crippen molar-refractivity contribution in [1.29, 1.82) is 0 Å². The number of hydrogen-bond donors (Lipinski definition) is 2. The van der Waals surface area contributed by atoms with Crippen molar-refractivity contribution in [3.8, 4) is 17.0 Å². The van der Waals surface area contributed by atoms with Gasteiger partial charge in [0.1, 0.15) is 11.6 Å². The second-order valence-corrected chi connectivity index (χ2v) is 9.24. The number of hydrogen-bond acceptors (Lipinski definition) is 5. The number of nitrogens with one attached hydrogen (secondary N) is 1. The topological polar surface area (TPSA) is 80.5 Å². The second-order valence-electron chi connectivity index (χ2n) is 9.24. The summed E-state index contributed by atoms with van der Waals surface area (Å²) in [5.74, 6) is -2.46. The van der Waals surface area contributed by atoms with Crippen LogP contribution in [0.2, 0.25) is 0 Å². The van der Waals surface area contributed by atoms with Crippen LogP contribution < -0.4 is 20.7 Å². The highest BCUT2D eigenvalue weighted by Crippen LogP contribution is 2.43. The van der Waals surface area contributed by atoms with Crippen LogP contribution in [0.3, 0.4) is 0 Å². The zero-order valence-corrected chi connectivity index (χ0v) is 18.5. The number of anilines is 1. The molecule has 3 N–H and O–H groups in total. The number of ether oxygens (including phenoxy) is 1. The van der Waals surface area contributed by atoms with Crippen LogP contribution >= 0.6 is 0 Å². The maximum Gasteiger partial charge on any atom is 0.422 e. The molecule has 1 aromatic heterocycles. The predicted molar refractivity (Wildman–Crippen MR) is 116 cm³/mol. The number of benzene rings is 1. The van der Waals surface area contributed by atoms with Crippen molar-refractivity contribution in [2.24, 2.45) is 11.7 Å². The fourth-order valence-electron chi connectivity index (χ4n) is 4.03. The van der Waals surface area contributed by atoms with Crippen LogP contribution in [0.1, 0.15) is 36.5 Å². The Kier molecular flexibility index (Phi) is 6.41. The molecule has 1 saturated heterocycles. The van der Waals surface area contributed by atoms with Gasteiger partial charge in [-0.25, -0.2) is 13.8 Å². The van der Waals surface area contributed by atoms with Crippen LogP contribution in [0, 0.1) is 17.6 Å². The van der Waals surface area contributed by atoms with E-state index in [-0.39, 0.29) is 28.9 Å². The first-order valence-electron chi connectivity index (χ1n) is 10.9. The van der Waals surface area contributed by atoms with Crippen molar-refractivity contribution in [3.05, 3.63) is 41.6 Å². The molecule has 2 fully saturated rings. The highest BCUT2D eigenvalue weighted by molar-refractivity contribution is 6.04. The second kappa shape index (κ2) is 9.01. The van der Waals surface area contributed by atoms with Crippen LogP contribution in [0.15, 0.2) is 24.4 Å². The minimum atomic E-state index is -4.67. The molecule has 2 aliphatic rings. The Hall–Kier alpha value is -2.95. The summed E-state index contributed by atoms with van der Waals surface area (Å²) in [5, 5.41) is 2.82. The molecule has 184 valence electrons. The Morgan fingerprint density at radius 3 is 2.50 bits per heavy atom. The average molecular weight is 484 g/mol. The minimum absolute atomic E-state index is 0.0670. The third kappa shape index (κ3) is 5.75. The van der Waals surface area contributed by atoms with Gasteiger partial charge in [-0.05, 0) is 49.8 Å². The van der Waals surface area contributed by atoms with E-state index in [1.54, 1.807) is 4.90 Å². The van der Waals surface area contributed by atoms with E-state index in [1.165, 1.54) is 0 Å². The molecule has 2 heterocycles. The largest absolute Gasteiger partial charge is 0.468 e. The monoisotopic (exact) mass is 484 g/mol. The van der Waals surface area contributed by atoms with Gasteiger partial charge in [0.15, 0.2) is 6.61 Å². The number of alkyl halides is 3. The van der Waals surface area contributed by atoms with Gasteiger partial charge in [0.25, 0.3) is 5.91 Å². The molecule has 0 bridgehead atoms. The Bertz CT molecular complexity index is 1070. The van der Waals surface area contributed by atoms with E-state index in [9.17, 15) is 26.7 Å². The Labute approximate surface area is 193 Å². The van der Waals surface area contributed by atoms with Gasteiger partial charge in [-0.2, -0.15) is 13.2 Å². The third-order valence-electron chi connectivity index (χ3n) is 5.85. The predicted octanol–water partition coefficient (Wildman–Crippen LogP) is 4.04. The summed E-state index contributed by atoms with van der Waals surface area (Å²) in [6.45, 7) is 1.24. The van der Waals surface area contributed by atoms with Gasteiger partial charge in [0, 0.05) is 37.4 Å². The van der Waals surface area contributed by atoms with Crippen molar-refractivity contribution in [2.75, 3.05) is 31.1 Å². The molecule has 11 heteroatoms. The molecule has 2 aromatic rings. The quantitative estimate of drug-likeness (QED) is 0.580. The minimum Gasteiger partial charge on any atom is -0.468 e. The standard InChI is InChI=1S/C23H25F5N4O2/c1-22(29)4-5-32(11-22)19-17(20(33)30-9-13-2-3-13)10-31-21(34-12-23(26,27)28)18(19)14-6-15(24)8-16(25)7-14/h6-8,10,13H,2-5,9,11-12,29H2,1H3,(H,30,33)/t22-/m0/s1. The van der Waals surface area contributed by atoms with Crippen molar-refractivity contribution < 1.29 is 31.5 Å². The van der Waals surface area contributed by atoms with E-state index in [0.29, 0.717) is 31.5 Å². The summed E-state index contributed by atoms with van der Waals surface area (Å²) in [5.41, 5.74) is 5.69. The normalized spacial score (nSPS) is 20.5. The fourth-order valence-corrected chi connectivity index (χ4v) is 4.03. The molecular weight excluding hydrogens is 459 g/mol.